The number of nitrogens with one attached hydrogen (secondary N) is 1. The minimum atomic E-state index is -4.40. The van der Waals surface area contributed by atoms with Crippen molar-refractivity contribution in [1.29, 1.82) is 0 Å². The third-order valence-corrected chi connectivity index (χ3v) is 4.57. The Morgan fingerprint density at radius 2 is 2.00 bits per heavy atom. The van der Waals surface area contributed by atoms with Crippen LogP contribution in [-0.4, -0.2) is 10.2 Å². The Kier molecular flexibility index (Phi) is 3.71. The third kappa shape index (κ3) is 2.88. The third-order valence-electron chi connectivity index (χ3n) is 3.47. The number of rotatable bonds is 3. The summed E-state index contributed by atoms with van der Waals surface area (Å²) in [5.74, 6) is -0.361. The van der Waals surface area contributed by atoms with Crippen LogP contribution in [0.5, 0.6) is 0 Å². The highest BCUT2D eigenvalue weighted by molar-refractivity contribution is 6.53. The lowest BCUT2D eigenvalue weighted by molar-refractivity contribution is -0.137. The molecule has 0 aliphatic heterocycles. The molecule has 20 heavy (non-hydrogen) atoms. The van der Waals surface area contributed by atoms with Crippen LogP contribution in [0.3, 0.4) is 0 Å². The minimum absolute atomic E-state index is 0.00218. The van der Waals surface area contributed by atoms with Crippen molar-refractivity contribution in [2.75, 3.05) is 0 Å². The summed E-state index contributed by atoms with van der Waals surface area (Å²) >= 11 is 11.7. The SMILES string of the molecule is C[C@]1(C(=O)NCc2cccc(C(F)(F)F)c2)CC1(Cl)Cl. The van der Waals surface area contributed by atoms with Crippen molar-refractivity contribution in [2.24, 2.45) is 5.41 Å². The lowest BCUT2D eigenvalue weighted by Gasteiger charge is -2.13. The standard InChI is InChI=1S/C13H12Cl2F3NO/c1-11(7-12(11,14)15)10(20)19-6-8-3-2-4-9(5-8)13(16,17)18/h2-5H,6-7H2,1H3,(H,19,20)/t11-/m1/s1. The van der Waals surface area contributed by atoms with Crippen LogP contribution in [0.25, 0.3) is 0 Å². The highest BCUT2D eigenvalue weighted by atomic mass is 35.5. The fraction of sp³-hybridized carbons (Fsp3) is 0.462. The summed E-state index contributed by atoms with van der Waals surface area (Å²) in [5.41, 5.74) is -1.25. The molecule has 1 aliphatic rings. The zero-order valence-electron chi connectivity index (χ0n) is 10.5. The Morgan fingerprint density at radius 1 is 1.40 bits per heavy atom. The van der Waals surface area contributed by atoms with Gasteiger partial charge >= 0.3 is 6.18 Å². The Bertz CT molecular complexity index is 545. The molecule has 0 aromatic heterocycles. The van der Waals surface area contributed by atoms with E-state index in [1.54, 1.807) is 6.92 Å². The molecule has 7 heteroatoms. The molecule has 1 aromatic rings. The molecule has 1 fully saturated rings. The molecule has 0 heterocycles. The molecule has 0 unspecified atom stereocenters. The van der Waals surface area contributed by atoms with Crippen LogP contribution in [0.2, 0.25) is 0 Å². The minimum Gasteiger partial charge on any atom is -0.351 e. The normalized spacial score (nSPS) is 24.3. The number of halogens is 5. The van der Waals surface area contributed by atoms with Gasteiger partial charge in [0.1, 0.15) is 4.33 Å². The van der Waals surface area contributed by atoms with Gasteiger partial charge in [-0.05, 0) is 31.0 Å². The number of hydrogen-bond acceptors (Lipinski definition) is 1. The Hall–Kier alpha value is -0.940. The van der Waals surface area contributed by atoms with E-state index < -0.39 is 21.5 Å². The molecule has 1 aliphatic carbocycles. The second-order valence-electron chi connectivity index (χ2n) is 5.09. The summed E-state index contributed by atoms with van der Waals surface area (Å²) in [6, 6.07) is 4.80. The van der Waals surface area contributed by atoms with Crippen LogP contribution < -0.4 is 5.32 Å². The van der Waals surface area contributed by atoms with E-state index in [0.717, 1.165) is 12.1 Å². The Labute approximate surface area is 124 Å². The molecule has 1 saturated carbocycles. The summed E-state index contributed by atoms with van der Waals surface area (Å²) in [4.78, 5) is 11.9. The van der Waals surface area contributed by atoms with Gasteiger partial charge in [-0.1, -0.05) is 12.1 Å². The summed E-state index contributed by atoms with van der Waals surface area (Å²) < 4.78 is 36.5. The number of alkyl halides is 5. The second kappa shape index (κ2) is 4.81. The van der Waals surface area contributed by atoms with E-state index in [9.17, 15) is 18.0 Å². The fourth-order valence-electron chi connectivity index (χ4n) is 1.88. The first-order valence-corrected chi connectivity index (χ1v) is 6.64. The summed E-state index contributed by atoms with van der Waals surface area (Å²) in [6.07, 6.45) is -4.07. The van der Waals surface area contributed by atoms with Crippen molar-refractivity contribution in [3.05, 3.63) is 35.4 Å². The lowest BCUT2D eigenvalue weighted by Crippen LogP contribution is -2.32. The van der Waals surface area contributed by atoms with Crippen molar-refractivity contribution in [3.8, 4) is 0 Å². The van der Waals surface area contributed by atoms with Gasteiger partial charge in [0.15, 0.2) is 0 Å². The van der Waals surface area contributed by atoms with Crippen molar-refractivity contribution in [1.82, 2.24) is 5.32 Å². The highest BCUT2D eigenvalue weighted by Crippen LogP contribution is 2.63. The molecular weight excluding hydrogens is 314 g/mol. The molecule has 0 radical (unpaired) electrons. The quantitative estimate of drug-likeness (QED) is 0.839. The molecular formula is C13H12Cl2F3NO. The summed E-state index contributed by atoms with van der Waals surface area (Å²) in [7, 11) is 0. The maximum atomic E-state index is 12.5. The van der Waals surface area contributed by atoms with Crippen LogP contribution in [0, 0.1) is 5.41 Å². The second-order valence-corrected chi connectivity index (χ2v) is 6.58. The predicted octanol–water partition coefficient (Wildman–Crippen LogP) is 3.91. The first-order valence-electron chi connectivity index (χ1n) is 5.88. The molecule has 1 amide bonds. The molecule has 2 nitrogen and oxygen atoms in total. The van der Waals surface area contributed by atoms with Gasteiger partial charge in [0, 0.05) is 6.54 Å². The zero-order chi connectivity index (χ0) is 15.2. The number of carbonyl (C=O) groups excluding carboxylic acids is 1. The molecule has 2 rings (SSSR count). The van der Waals surface area contributed by atoms with Gasteiger partial charge in [-0.2, -0.15) is 13.2 Å². The first kappa shape index (κ1) is 15.4. The van der Waals surface area contributed by atoms with E-state index in [0.29, 0.717) is 12.0 Å². The van der Waals surface area contributed by atoms with Crippen LogP contribution in [-0.2, 0) is 17.5 Å². The van der Waals surface area contributed by atoms with Crippen molar-refractivity contribution in [3.63, 3.8) is 0 Å². The zero-order valence-corrected chi connectivity index (χ0v) is 12.0. The van der Waals surface area contributed by atoms with Crippen molar-refractivity contribution < 1.29 is 18.0 Å². The van der Waals surface area contributed by atoms with Gasteiger partial charge in [-0.15, -0.1) is 23.2 Å². The number of hydrogen-bond donors (Lipinski definition) is 1. The van der Waals surface area contributed by atoms with E-state index in [2.05, 4.69) is 5.32 Å². The molecule has 0 bridgehead atoms. The highest BCUT2D eigenvalue weighted by Gasteiger charge is 2.67. The van der Waals surface area contributed by atoms with Crippen LogP contribution in [0.1, 0.15) is 24.5 Å². The van der Waals surface area contributed by atoms with E-state index in [4.69, 9.17) is 23.2 Å². The summed E-state index contributed by atoms with van der Waals surface area (Å²) in [6.45, 7) is 1.62. The Morgan fingerprint density at radius 3 is 2.50 bits per heavy atom. The fourth-order valence-corrected chi connectivity index (χ4v) is 2.59. The smallest absolute Gasteiger partial charge is 0.351 e. The van der Waals surface area contributed by atoms with E-state index in [1.807, 2.05) is 0 Å². The van der Waals surface area contributed by atoms with Gasteiger partial charge in [-0.25, -0.2) is 0 Å². The van der Waals surface area contributed by atoms with Crippen LogP contribution >= 0.6 is 23.2 Å². The van der Waals surface area contributed by atoms with E-state index >= 15 is 0 Å². The maximum absolute atomic E-state index is 12.5. The number of amides is 1. The first-order chi connectivity index (χ1) is 9.06. The monoisotopic (exact) mass is 325 g/mol. The average Bonchev–Trinajstić information content (AvgIpc) is 2.86. The summed E-state index contributed by atoms with van der Waals surface area (Å²) in [5, 5.41) is 2.56. The lowest BCUT2D eigenvalue weighted by atomic mass is 10.1. The van der Waals surface area contributed by atoms with Gasteiger partial charge in [0.2, 0.25) is 5.91 Å². The van der Waals surface area contributed by atoms with Gasteiger partial charge in [0.25, 0.3) is 0 Å². The van der Waals surface area contributed by atoms with Crippen LogP contribution in [0.15, 0.2) is 24.3 Å². The molecule has 1 N–H and O–H groups in total. The Balaban J connectivity index is 2.00. The topological polar surface area (TPSA) is 29.1 Å². The number of benzene rings is 1. The van der Waals surface area contributed by atoms with E-state index in [1.165, 1.54) is 12.1 Å². The van der Waals surface area contributed by atoms with Crippen LogP contribution in [0.4, 0.5) is 13.2 Å². The number of carbonyl (C=O) groups is 1. The molecule has 110 valence electrons. The molecule has 1 aromatic carbocycles. The maximum Gasteiger partial charge on any atom is 0.416 e. The van der Waals surface area contributed by atoms with Gasteiger partial charge in [0.05, 0.1) is 11.0 Å². The molecule has 0 saturated heterocycles. The molecule has 1 atom stereocenters. The van der Waals surface area contributed by atoms with Gasteiger partial charge in [-0.3, -0.25) is 4.79 Å². The predicted molar refractivity (Wildman–Crippen MR) is 70.5 cm³/mol. The van der Waals surface area contributed by atoms with Crippen molar-refractivity contribution >= 4 is 29.1 Å². The van der Waals surface area contributed by atoms with E-state index in [-0.39, 0.29) is 12.5 Å². The average molecular weight is 326 g/mol. The molecule has 0 spiro atoms. The van der Waals surface area contributed by atoms with Gasteiger partial charge < -0.3 is 5.32 Å². The largest absolute Gasteiger partial charge is 0.416 e. The van der Waals surface area contributed by atoms with Crippen molar-refractivity contribution in [2.45, 2.75) is 30.4 Å².